The SMILES string of the molecule is CC[C@H](C)NC(=O)[C@@H](Cc1ccccc1)N(Cc1ccc(Cl)c(Cl)c1)C(=O)CN(c1cccc(Cl)c1C)S(=O)(=O)c1ccccc1. The summed E-state index contributed by atoms with van der Waals surface area (Å²) in [4.78, 5) is 30.0. The Morgan fingerprint density at radius 3 is 2.09 bits per heavy atom. The fourth-order valence-electron chi connectivity index (χ4n) is 4.93. The molecular formula is C35H36Cl3N3O4S. The predicted molar refractivity (Wildman–Crippen MR) is 186 cm³/mol. The van der Waals surface area contributed by atoms with Gasteiger partial charge in [-0.05, 0) is 73.4 Å². The van der Waals surface area contributed by atoms with Crippen LogP contribution in [0.1, 0.15) is 37.0 Å². The minimum Gasteiger partial charge on any atom is -0.352 e. The quantitative estimate of drug-likeness (QED) is 0.155. The zero-order valence-corrected chi connectivity index (χ0v) is 28.9. The minimum atomic E-state index is -4.25. The van der Waals surface area contributed by atoms with Crippen molar-refractivity contribution in [1.82, 2.24) is 10.2 Å². The highest BCUT2D eigenvalue weighted by molar-refractivity contribution is 7.92. The topological polar surface area (TPSA) is 86.8 Å². The molecule has 0 aliphatic heterocycles. The molecule has 0 heterocycles. The molecule has 0 spiro atoms. The third-order valence-electron chi connectivity index (χ3n) is 7.73. The maximum atomic E-state index is 14.6. The second-order valence-corrected chi connectivity index (χ2v) is 14.1. The smallest absolute Gasteiger partial charge is 0.264 e. The number of hydrogen-bond donors (Lipinski definition) is 1. The first-order valence-corrected chi connectivity index (χ1v) is 17.4. The average molecular weight is 701 g/mol. The molecule has 1 N–H and O–H groups in total. The molecule has 11 heteroatoms. The van der Waals surface area contributed by atoms with Gasteiger partial charge in [0.25, 0.3) is 10.0 Å². The van der Waals surface area contributed by atoms with Gasteiger partial charge in [0.1, 0.15) is 12.6 Å². The van der Waals surface area contributed by atoms with Gasteiger partial charge in [-0.25, -0.2) is 8.42 Å². The zero-order chi connectivity index (χ0) is 33.4. The van der Waals surface area contributed by atoms with Crippen molar-refractivity contribution in [3.63, 3.8) is 0 Å². The lowest BCUT2D eigenvalue weighted by Gasteiger charge is -2.34. The molecule has 0 fully saturated rings. The first kappa shape index (κ1) is 35.3. The molecule has 46 heavy (non-hydrogen) atoms. The highest BCUT2D eigenvalue weighted by Gasteiger charge is 2.35. The summed E-state index contributed by atoms with van der Waals surface area (Å²) >= 11 is 19.0. The maximum absolute atomic E-state index is 14.6. The average Bonchev–Trinajstić information content (AvgIpc) is 3.05. The van der Waals surface area contributed by atoms with Crippen LogP contribution in [0.25, 0.3) is 0 Å². The summed E-state index contributed by atoms with van der Waals surface area (Å²) in [5.41, 5.74) is 2.19. The highest BCUT2D eigenvalue weighted by atomic mass is 35.5. The van der Waals surface area contributed by atoms with Crippen LogP contribution >= 0.6 is 34.8 Å². The van der Waals surface area contributed by atoms with E-state index in [4.69, 9.17) is 34.8 Å². The number of anilines is 1. The number of benzene rings is 4. The number of carbonyl (C=O) groups is 2. The van der Waals surface area contributed by atoms with Crippen LogP contribution in [0, 0.1) is 6.92 Å². The maximum Gasteiger partial charge on any atom is 0.264 e. The van der Waals surface area contributed by atoms with Crippen LogP contribution < -0.4 is 9.62 Å². The molecule has 0 unspecified atom stereocenters. The first-order valence-electron chi connectivity index (χ1n) is 14.8. The standard InChI is InChI=1S/C35H36Cl3N3O4S/c1-4-24(2)39-35(43)33(21-26-12-7-5-8-13-26)40(22-27-18-19-30(37)31(38)20-27)34(42)23-41(32-17-11-16-29(36)25(32)3)46(44,45)28-14-9-6-10-15-28/h5-20,24,33H,4,21-23H2,1-3H3,(H,39,43)/t24-,33+/m0/s1. The van der Waals surface area contributed by atoms with Gasteiger partial charge < -0.3 is 10.2 Å². The van der Waals surface area contributed by atoms with E-state index in [-0.39, 0.29) is 40.5 Å². The molecule has 0 aliphatic rings. The van der Waals surface area contributed by atoms with Crippen molar-refractivity contribution in [2.24, 2.45) is 0 Å². The number of amides is 2. The monoisotopic (exact) mass is 699 g/mol. The summed E-state index contributed by atoms with van der Waals surface area (Å²) in [6, 6.07) is 26.0. The molecule has 0 aromatic heterocycles. The molecule has 2 amide bonds. The molecular weight excluding hydrogens is 665 g/mol. The predicted octanol–water partition coefficient (Wildman–Crippen LogP) is 7.71. The zero-order valence-electron chi connectivity index (χ0n) is 25.8. The van der Waals surface area contributed by atoms with Gasteiger partial charge in [-0.2, -0.15) is 0 Å². The first-order chi connectivity index (χ1) is 21.9. The van der Waals surface area contributed by atoms with Crippen LogP contribution in [0.4, 0.5) is 5.69 Å². The van der Waals surface area contributed by atoms with Crippen LogP contribution in [0.15, 0.2) is 102 Å². The number of nitrogens with one attached hydrogen (secondary N) is 1. The van der Waals surface area contributed by atoms with E-state index in [2.05, 4.69) is 5.32 Å². The lowest BCUT2D eigenvalue weighted by molar-refractivity contribution is -0.140. The molecule has 4 aromatic rings. The highest BCUT2D eigenvalue weighted by Crippen LogP contribution is 2.32. The van der Waals surface area contributed by atoms with Crippen molar-refractivity contribution in [1.29, 1.82) is 0 Å². The van der Waals surface area contributed by atoms with Crippen molar-refractivity contribution in [2.75, 3.05) is 10.8 Å². The Kier molecular flexibility index (Phi) is 12.1. The minimum absolute atomic E-state index is 0.00792. The van der Waals surface area contributed by atoms with Gasteiger partial charge >= 0.3 is 0 Å². The number of carbonyl (C=O) groups excluding carboxylic acids is 2. The van der Waals surface area contributed by atoms with Crippen LogP contribution in [0.2, 0.25) is 15.1 Å². The number of hydrogen-bond acceptors (Lipinski definition) is 4. The van der Waals surface area contributed by atoms with Crippen LogP contribution in [0.3, 0.4) is 0 Å². The molecule has 0 bridgehead atoms. The van der Waals surface area contributed by atoms with E-state index in [1.165, 1.54) is 17.0 Å². The fourth-order valence-corrected chi connectivity index (χ4v) is 6.91. The Balaban J connectivity index is 1.85. The van der Waals surface area contributed by atoms with Crippen molar-refractivity contribution >= 4 is 62.3 Å². The Morgan fingerprint density at radius 1 is 0.804 bits per heavy atom. The van der Waals surface area contributed by atoms with E-state index in [1.807, 2.05) is 44.2 Å². The van der Waals surface area contributed by atoms with Gasteiger partial charge in [0, 0.05) is 24.0 Å². The summed E-state index contributed by atoms with van der Waals surface area (Å²) in [6.45, 7) is 4.91. The van der Waals surface area contributed by atoms with Crippen LogP contribution in [-0.2, 0) is 32.6 Å². The Labute approximate surface area is 286 Å². The largest absolute Gasteiger partial charge is 0.352 e. The second-order valence-electron chi connectivity index (χ2n) is 11.0. The van der Waals surface area contributed by atoms with Crippen molar-refractivity contribution in [2.45, 2.75) is 57.1 Å². The molecule has 0 radical (unpaired) electrons. The molecule has 7 nitrogen and oxygen atoms in total. The number of rotatable bonds is 13. The summed E-state index contributed by atoms with van der Waals surface area (Å²) in [7, 11) is -4.25. The number of halogens is 3. The fraction of sp³-hybridized carbons (Fsp3) is 0.257. The van der Waals surface area contributed by atoms with E-state index >= 15 is 0 Å². The number of nitrogens with zero attached hydrogens (tertiary/aromatic N) is 2. The molecule has 4 rings (SSSR count). The van der Waals surface area contributed by atoms with Gasteiger partial charge in [-0.3, -0.25) is 13.9 Å². The molecule has 0 saturated heterocycles. The molecule has 4 aromatic carbocycles. The molecule has 0 saturated carbocycles. The van der Waals surface area contributed by atoms with Crippen LogP contribution in [0.5, 0.6) is 0 Å². The summed E-state index contributed by atoms with van der Waals surface area (Å²) < 4.78 is 29.4. The van der Waals surface area contributed by atoms with Crippen molar-refractivity contribution < 1.29 is 18.0 Å². The van der Waals surface area contributed by atoms with Gasteiger partial charge in [-0.1, -0.05) is 102 Å². The number of sulfonamides is 1. The van der Waals surface area contributed by atoms with Gasteiger partial charge in [0.2, 0.25) is 11.8 Å². The van der Waals surface area contributed by atoms with Gasteiger partial charge in [0.05, 0.1) is 20.6 Å². The summed E-state index contributed by atoms with van der Waals surface area (Å²) in [5, 5.41) is 4.00. The van der Waals surface area contributed by atoms with Crippen molar-refractivity contribution in [3.8, 4) is 0 Å². The lowest BCUT2D eigenvalue weighted by Crippen LogP contribution is -2.54. The van der Waals surface area contributed by atoms with Gasteiger partial charge in [0.15, 0.2) is 0 Å². The molecule has 2 atom stereocenters. The third kappa shape index (κ3) is 8.62. The molecule has 0 aliphatic carbocycles. The molecule has 242 valence electrons. The normalized spacial score (nSPS) is 12.7. The third-order valence-corrected chi connectivity index (χ3v) is 10.6. The van der Waals surface area contributed by atoms with E-state index in [0.29, 0.717) is 27.6 Å². The lowest BCUT2D eigenvalue weighted by atomic mass is 10.0. The van der Waals surface area contributed by atoms with E-state index < -0.39 is 28.5 Å². The Morgan fingerprint density at radius 2 is 1.46 bits per heavy atom. The van der Waals surface area contributed by atoms with E-state index in [9.17, 15) is 18.0 Å². The summed E-state index contributed by atoms with van der Waals surface area (Å²) in [6.07, 6.45) is 0.874. The van der Waals surface area contributed by atoms with E-state index in [0.717, 1.165) is 9.87 Å². The Hall–Kier alpha value is -3.56. The van der Waals surface area contributed by atoms with Crippen LogP contribution in [-0.4, -0.2) is 43.8 Å². The van der Waals surface area contributed by atoms with Crippen molar-refractivity contribution in [3.05, 3.63) is 129 Å². The summed E-state index contributed by atoms with van der Waals surface area (Å²) in [5.74, 6) is -0.951. The van der Waals surface area contributed by atoms with Gasteiger partial charge in [-0.15, -0.1) is 0 Å². The second kappa shape index (κ2) is 15.8. The van der Waals surface area contributed by atoms with E-state index in [1.54, 1.807) is 61.5 Å². The Bertz CT molecular complexity index is 1770.